The number of anilines is 2. The summed E-state index contributed by atoms with van der Waals surface area (Å²) in [6.07, 6.45) is 6.18. The number of carbonyl (C=O) groups excluding carboxylic acids is 4. The fourth-order valence-electron chi connectivity index (χ4n) is 8.05. The smallest absolute Gasteiger partial charge is 0.264 e. The molecular weight excluding hydrogens is 685 g/mol. The molecule has 1 unspecified atom stereocenters. The average molecular weight is 733 g/mol. The third-order valence-corrected chi connectivity index (χ3v) is 11.1. The number of hydrogen-bond donors (Lipinski definition) is 5. The number of piperidine rings is 2. The minimum Gasteiger partial charge on any atom is -0.507 e. The number of amides is 3. The van der Waals surface area contributed by atoms with Crippen LogP contribution in [-0.2, 0) is 9.59 Å². The number of aromatic hydroxyl groups is 1. The van der Waals surface area contributed by atoms with Gasteiger partial charge < -0.3 is 41.1 Å². The van der Waals surface area contributed by atoms with E-state index >= 15 is 0 Å². The van der Waals surface area contributed by atoms with Crippen LogP contribution in [-0.4, -0.2) is 109 Å². The number of allylic oxidation sites excluding steroid dienone is 1. The van der Waals surface area contributed by atoms with E-state index in [2.05, 4.69) is 20.0 Å². The third-order valence-electron chi connectivity index (χ3n) is 11.1. The largest absolute Gasteiger partial charge is 0.507 e. The molecule has 2 saturated heterocycles. The van der Waals surface area contributed by atoms with Crippen LogP contribution in [0.3, 0.4) is 0 Å². The average Bonchev–Trinajstić information content (AvgIpc) is 3.45. The van der Waals surface area contributed by atoms with Crippen LogP contribution in [0, 0.1) is 10.8 Å². The lowest BCUT2D eigenvalue weighted by Gasteiger charge is -2.44. The zero-order valence-electron chi connectivity index (χ0n) is 30.8. The quantitative estimate of drug-likeness (QED) is 0.0749. The van der Waals surface area contributed by atoms with Crippen LogP contribution in [0.4, 0.5) is 11.4 Å². The number of aldehydes is 1. The van der Waals surface area contributed by atoms with Crippen LogP contribution in [0.5, 0.6) is 5.75 Å². The second-order valence-corrected chi connectivity index (χ2v) is 14.1. The van der Waals surface area contributed by atoms with Crippen LogP contribution in [0.15, 0.2) is 72.8 Å². The van der Waals surface area contributed by atoms with Crippen molar-refractivity contribution in [3.8, 4) is 5.75 Å². The second-order valence-electron chi connectivity index (χ2n) is 14.1. The molecule has 13 nitrogen and oxygen atoms in total. The van der Waals surface area contributed by atoms with Gasteiger partial charge in [0.1, 0.15) is 23.9 Å². The predicted molar refractivity (Wildman–Crippen MR) is 210 cm³/mol. The summed E-state index contributed by atoms with van der Waals surface area (Å²) >= 11 is 0. The molecule has 1 atom stereocenters. The number of fused-ring (bicyclic) bond motifs is 1. The lowest BCUT2D eigenvalue weighted by molar-refractivity contribution is -0.124. The number of carbonyl (C=O) groups is 4. The number of phenols is 1. The van der Waals surface area contributed by atoms with Gasteiger partial charge in [0, 0.05) is 75.6 Å². The molecule has 2 fully saturated rings. The summed E-state index contributed by atoms with van der Waals surface area (Å²) in [6.45, 7) is 3.65. The van der Waals surface area contributed by atoms with Gasteiger partial charge in [-0.1, -0.05) is 30.3 Å². The minimum atomic E-state index is -1.06. The number of imide groups is 1. The summed E-state index contributed by atoms with van der Waals surface area (Å²) in [5, 5.41) is 29.3. The molecule has 3 aromatic rings. The Morgan fingerprint density at radius 3 is 2.28 bits per heavy atom. The van der Waals surface area contributed by atoms with E-state index in [-0.39, 0.29) is 41.7 Å². The first-order valence-electron chi connectivity index (χ1n) is 18.4. The van der Waals surface area contributed by atoms with Crippen molar-refractivity contribution in [1.82, 2.24) is 15.1 Å². The maximum absolute atomic E-state index is 13.8. The first kappa shape index (κ1) is 37.9. The van der Waals surface area contributed by atoms with Crippen LogP contribution in [0.1, 0.15) is 70.4 Å². The molecule has 3 heterocycles. The van der Waals surface area contributed by atoms with Crippen molar-refractivity contribution in [2.24, 2.45) is 5.73 Å². The SMILES string of the molecule is CNC(=O)C(CCC=O)N1C(=O)c2cccc(N(C)C3CCN(C4CCN(c5ccc(/C(=C/C(=N)c6ccccc6O)C(=N)N)cc5)CC4)CC3)c2C1=O. The van der Waals surface area contributed by atoms with Gasteiger partial charge in [-0.2, -0.15) is 0 Å². The Morgan fingerprint density at radius 2 is 1.65 bits per heavy atom. The van der Waals surface area contributed by atoms with Crippen molar-refractivity contribution >= 4 is 52.5 Å². The number of rotatable bonds is 13. The van der Waals surface area contributed by atoms with Crippen molar-refractivity contribution < 1.29 is 24.3 Å². The Bertz CT molecular complexity index is 1960. The molecule has 3 aliphatic rings. The van der Waals surface area contributed by atoms with Crippen molar-refractivity contribution in [3.05, 3.63) is 95.1 Å². The molecule has 0 saturated carbocycles. The van der Waals surface area contributed by atoms with Gasteiger partial charge in [-0.15, -0.1) is 0 Å². The lowest BCUT2D eigenvalue weighted by Crippen LogP contribution is -2.51. The van der Waals surface area contributed by atoms with E-state index in [1.165, 1.54) is 19.2 Å². The Morgan fingerprint density at radius 1 is 0.963 bits per heavy atom. The number of phenolic OH excluding ortho intramolecular Hbond substituents is 1. The van der Waals surface area contributed by atoms with E-state index in [4.69, 9.17) is 16.6 Å². The summed E-state index contributed by atoms with van der Waals surface area (Å²) in [5.41, 5.74) is 9.86. The number of nitrogens with two attached hydrogens (primary N) is 1. The van der Waals surface area contributed by atoms with Crippen molar-refractivity contribution in [1.29, 1.82) is 10.8 Å². The zero-order chi connectivity index (χ0) is 38.5. The van der Waals surface area contributed by atoms with E-state index in [1.807, 2.05) is 37.4 Å². The fourth-order valence-corrected chi connectivity index (χ4v) is 8.05. The molecule has 282 valence electrons. The van der Waals surface area contributed by atoms with E-state index in [0.717, 1.165) is 68.0 Å². The topological polar surface area (TPSA) is 187 Å². The van der Waals surface area contributed by atoms with E-state index < -0.39 is 23.8 Å². The van der Waals surface area contributed by atoms with Crippen molar-refractivity contribution in [3.63, 3.8) is 0 Å². The van der Waals surface area contributed by atoms with E-state index in [1.54, 1.807) is 30.3 Å². The normalized spacial score (nSPS) is 17.6. The van der Waals surface area contributed by atoms with Gasteiger partial charge in [-0.25, -0.2) is 0 Å². The molecule has 0 bridgehead atoms. The van der Waals surface area contributed by atoms with Crippen LogP contribution < -0.4 is 20.9 Å². The summed E-state index contributed by atoms with van der Waals surface area (Å²) in [4.78, 5) is 59.0. The van der Waals surface area contributed by atoms with Gasteiger partial charge in [0.15, 0.2) is 0 Å². The van der Waals surface area contributed by atoms with Crippen molar-refractivity contribution in [2.75, 3.05) is 50.1 Å². The minimum absolute atomic E-state index is 0.000800. The zero-order valence-corrected chi connectivity index (χ0v) is 30.8. The maximum Gasteiger partial charge on any atom is 0.264 e. The number of benzene rings is 3. The molecular formula is C41H48N8O5. The molecule has 3 aromatic carbocycles. The fraction of sp³-hybridized carbons (Fsp3) is 0.366. The number of hydrogen-bond acceptors (Lipinski definition) is 10. The highest BCUT2D eigenvalue weighted by Gasteiger charge is 2.44. The second kappa shape index (κ2) is 16.5. The highest BCUT2D eigenvalue weighted by molar-refractivity contribution is 6.27. The summed E-state index contributed by atoms with van der Waals surface area (Å²) in [6, 6.07) is 19.4. The molecule has 6 rings (SSSR count). The van der Waals surface area contributed by atoms with Gasteiger partial charge in [0.05, 0.1) is 22.5 Å². The summed E-state index contributed by atoms with van der Waals surface area (Å²) < 4.78 is 0. The van der Waals surface area contributed by atoms with Crippen molar-refractivity contribution in [2.45, 2.75) is 56.7 Å². The molecule has 6 N–H and O–H groups in total. The summed E-state index contributed by atoms with van der Waals surface area (Å²) in [7, 11) is 3.42. The first-order chi connectivity index (χ1) is 26.0. The Labute approximate surface area is 315 Å². The summed E-state index contributed by atoms with van der Waals surface area (Å²) in [5.74, 6) is -1.65. The van der Waals surface area contributed by atoms with Gasteiger partial charge in [0.25, 0.3) is 11.8 Å². The van der Waals surface area contributed by atoms with Gasteiger partial charge in [-0.3, -0.25) is 24.7 Å². The number of likely N-dealkylation sites (tertiary alicyclic amines) is 1. The number of likely N-dealkylation sites (N-methyl/N-ethyl adjacent to an activating group) is 1. The third kappa shape index (κ3) is 7.63. The standard InChI is InChI=1S/C41H48N8O5/c1-45-39(52)35(10-6-24-50)49-40(53)31-8-5-9-34(37(31)41(49)54)46(2)27-16-20-48(21-17-27)29-18-22-47(23-19-29)28-14-12-26(13-15-28)32(38(43)44)25-33(42)30-7-3-4-11-36(30)51/h3-5,7-9,11-15,24-25,27,29,35,42,51H,6,10,16-23H2,1-2H3,(H3,43,44)(H,45,52)/b32-25-,42-33?. The van der Waals surface area contributed by atoms with E-state index in [0.29, 0.717) is 34.7 Å². The molecule has 0 aliphatic carbocycles. The van der Waals surface area contributed by atoms with Crippen LogP contribution in [0.25, 0.3) is 5.57 Å². The highest BCUT2D eigenvalue weighted by Crippen LogP contribution is 2.36. The Hall–Kier alpha value is -5.82. The lowest BCUT2D eigenvalue weighted by atomic mass is 9.95. The van der Waals surface area contributed by atoms with Gasteiger partial charge in [-0.05, 0) is 80.1 Å². The van der Waals surface area contributed by atoms with Crippen LogP contribution in [0.2, 0.25) is 0 Å². The molecule has 13 heteroatoms. The molecule has 3 aliphatic heterocycles. The molecule has 0 spiro atoms. The first-order valence-corrected chi connectivity index (χ1v) is 18.4. The molecule has 0 aromatic heterocycles. The molecule has 54 heavy (non-hydrogen) atoms. The number of nitrogens with zero attached hydrogens (tertiary/aromatic N) is 4. The van der Waals surface area contributed by atoms with Crippen LogP contribution >= 0.6 is 0 Å². The number of amidine groups is 1. The maximum atomic E-state index is 13.8. The Kier molecular flexibility index (Phi) is 11.6. The molecule has 0 radical (unpaired) electrons. The number of para-hydroxylation sites is 1. The monoisotopic (exact) mass is 732 g/mol. The Balaban J connectivity index is 1.05. The predicted octanol–water partition coefficient (Wildman–Crippen LogP) is 4.04. The highest BCUT2D eigenvalue weighted by atomic mass is 16.3. The van der Waals surface area contributed by atoms with Gasteiger partial charge >= 0.3 is 0 Å². The van der Waals surface area contributed by atoms with E-state index in [9.17, 15) is 24.3 Å². The molecule has 3 amide bonds. The van der Waals surface area contributed by atoms with Gasteiger partial charge in [0.2, 0.25) is 5.91 Å². The number of nitrogens with one attached hydrogen (secondary N) is 3.